The predicted molar refractivity (Wildman–Crippen MR) is 112 cm³/mol. The Morgan fingerprint density at radius 3 is 2.62 bits per heavy atom. The van der Waals surface area contributed by atoms with E-state index < -0.39 is 0 Å². The van der Waals surface area contributed by atoms with E-state index in [0.717, 1.165) is 24.9 Å². The zero-order valence-electron chi connectivity index (χ0n) is 16.4. The fourth-order valence-electron chi connectivity index (χ4n) is 4.73. The van der Waals surface area contributed by atoms with Crippen molar-refractivity contribution >= 4 is 22.7 Å². The van der Waals surface area contributed by atoms with Gasteiger partial charge >= 0.3 is 0 Å². The number of likely N-dealkylation sites (tertiary alicyclic amines) is 1. The number of amides is 2. The van der Waals surface area contributed by atoms with Crippen molar-refractivity contribution in [2.45, 2.75) is 25.8 Å². The van der Waals surface area contributed by atoms with Crippen LogP contribution < -0.4 is 0 Å². The van der Waals surface area contributed by atoms with E-state index in [1.165, 1.54) is 22.2 Å². The molecule has 3 aromatic rings. The Kier molecular flexibility index (Phi) is 4.58. The van der Waals surface area contributed by atoms with Crippen molar-refractivity contribution in [1.82, 2.24) is 14.8 Å². The second-order valence-corrected chi connectivity index (χ2v) is 8.11. The van der Waals surface area contributed by atoms with E-state index in [1.807, 2.05) is 46.2 Å². The highest BCUT2D eigenvalue weighted by molar-refractivity contribution is 5.89. The Morgan fingerprint density at radius 1 is 1.00 bits per heavy atom. The lowest BCUT2D eigenvalue weighted by Gasteiger charge is -2.24. The summed E-state index contributed by atoms with van der Waals surface area (Å²) in [6.07, 6.45) is 2.03. The number of rotatable bonds is 3. The van der Waals surface area contributed by atoms with Gasteiger partial charge in [-0.25, -0.2) is 0 Å². The molecule has 5 nitrogen and oxygen atoms in total. The molecule has 1 unspecified atom stereocenters. The van der Waals surface area contributed by atoms with Crippen LogP contribution in [0.5, 0.6) is 0 Å². The highest BCUT2D eigenvalue weighted by Crippen LogP contribution is 2.27. The third kappa shape index (κ3) is 3.41. The Bertz CT molecular complexity index is 1060. The molecular formula is C24H25N3O2. The van der Waals surface area contributed by atoms with Gasteiger partial charge in [0.05, 0.1) is 5.92 Å². The van der Waals surface area contributed by atoms with Crippen LogP contribution in [0.15, 0.2) is 54.6 Å². The molecule has 2 amide bonds. The standard InChI is InChI=1S/C24H25N3O2/c28-23-14-18(16-27(23)15-17-6-2-1-3-7-17)24(29)26-12-10-20-19-8-4-5-9-21(19)25-22(20)11-13-26/h1-9,18,25H,10-16H2. The molecule has 5 rings (SSSR count). The summed E-state index contributed by atoms with van der Waals surface area (Å²) < 4.78 is 0. The van der Waals surface area contributed by atoms with Crippen molar-refractivity contribution in [2.24, 2.45) is 5.92 Å². The summed E-state index contributed by atoms with van der Waals surface area (Å²) in [7, 11) is 0. The van der Waals surface area contributed by atoms with Gasteiger partial charge in [-0.05, 0) is 23.6 Å². The molecule has 2 aliphatic heterocycles. The summed E-state index contributed by atoms with van der Waals surface area (Å²) in [6, 6.07) is 18.4. The van der Waals surface area contributed by atoms with Gasteiger partial charge in [-0.15, -0.1) is 0 Å². The topological polar surface area (TPSA) is 56.4 Å². The monoisotopic (exact) mass is 387 g/mol. The molecule has 1 fully saturated rings. The molecular weight excluding hydrogens is 362 g/mol. The number of nitrogens with zero attached hydrogens (tertiary/aromatic N) is 2. The van der Waals surface area contributed by atoms with Crippen LogP contribution in [-0.2, 0) is 29.0 Å². The molecule has 0 spiro atoms. The molecule has 0 aliphatic carbocycles. The molecule has 3 heterocycles. The van der Waals surface area contributed by atoms with Crippen molar-refractivity contribution in [1.29, 1.82) is 0 Å². The minimum Gasteiger partial charge on any atom is -0.358 e. The van der Waals surface area contributed by atoms with Crippen molar-refractivity contribution in [2.75, 3.05) is 19.6 Å². The molecule has 1 saturated heterocycles. The summed E-state index contributed by atoms with van der Waals surface area (Å²) in [5.41, 5.74) is 4.86. The molecule has 5 heteroatoms. The van der Waals surface area contributed by atoms with Crippen LogP contribution in [0, 0.1) is 5.92 Å². The zero-order chi connectivity index (χ0) is 19.8. The summed E-state index contributed by atoms with van der Waals surface area (Å²) in [5.74, 6) is -0.0130. The normalized spacial score (nSPS) is 19.4. The molecule has 2 aliphatic rings. The van der Waals surface area contributed by atoms with Crippen molar-refractivity contribution in [3.05, 3.63) is 71.4 Å². The van der Waals surface area contributed by atoms with Crippen LogP contribution in [-0.4, -0.2) is 46.2 Å². The van der Waals surface area contributed by atoms with Gasteiger partial charge in [-0.1, -0.05) is 48.5 Å². The van der Waals surface area contributed by atoms with Gasteiger partial charge in [-0.3, -0.25) is 9.59 Å². The molecule has 29 heavy (non-hydrogen) atoms. The number of nitrogens with one attached hydrogen (secondary N) is 1. The quantitative estimate of drug-likeness (QED) is 0.751. The van der Waals surface area contributed by atoms with Crippen molar-refractivity contribution in [3.8, 4) is 0 Å². The van der Waals surface area contributed by atoms with Crippen LogP contribution in [0.2, 0.25) is 0 Å². The Hall–Kier alpha value is -3.08. The molecule has 1 atom stereocenters. The molecule has 0 radical (unpaired) electrons. The maximum atomic E-state index is 13.2. The highest BCUT2D eigenvalue weighted by Gasteiger charge is 2.36. The lowest BCUT2D eigenvalue weighted by molar-refractivity contribution is -0.135. The minimum absolute atomic E-state index is 0.0817. The fraction of sp³-hybridized carbons (Fsp3) is 0.333. The lowest BCUT2D eigenvalue weighted by Crippen LogP contribution is -2.39. The lowest BCUT2D eigenvalue weighted by atomic mass is 10.1. The first-order valence-corrected chi connectivity index (χ1v) is 10.4. The van der Waals surface area contributed by atoms with Crippen LogP contribution in [0.25, 0.3) is 10.9 Å². The summed E-state index contributed by atoms with van der Waals surface area (Å²) in [5, 5.41) is 1.27. The van der Waals surface area contributed by atoms with E-state index in [9.17, 15) is 9.59 Å². The highest BCUT2D eigenvalue weighted by atomic mass is 16.2. The van der Waals surface area contributed by atoms with Gasteiger partial charge in [0.2, 0.25) is 11.8 Å². The van der Waals surface area contributed by atoms with Gasteiger partial charge in [0.1, 0.15) is 0 Å². The SMILES string of the molecule is O=C1CC(C(=O)N2CCc3[nH]c4ccccc4c3CC2)CN1Cc1ccccc1. The first-order chi connectivity index (χ1) is 14.2. The van der Waals surface area contributed by atoms with E-state index >= 15 is 0 Å². The number of aromatic amines is 1. The van der Waals surface area contributed by atoms with E-state index in [2.05, 4.69) is 23.2 Å². The molecule has 1 N–H and O–H groups in total. The third-order valence-corrected chi connectivity index (χ3v) is 6.26. The fourth-order valence-corrected chi connectivity index (χ4v) is 4.73. The predicted octanol–water partition coefficient (Wildman–Crippen LogP) is 3.14. The van der Waals surface area contributed by atoms with Crippen LogP contribution in [0.3, 0.4) is 0 Å². The number of hydrogen-bond acceptors (Lipinski definition) is 2. The number of para-hydroxylation sites is 1. The number of fused-ring (bicyclic) bond motifs is 3. The van der Waals surface area contributed by atoms with Gasteiger partial charge in [0.25, 0.3) is 0 Å². The molecule has 148 valence electrons. The van der Waals surface area contributed by atoms with E-state index in [4.69, 9.17) is 0 Å². The molecule has 2 aromatic carbocycles. The average molecular weight is 387 g/mol. The molecule has 0 saturated carbocycles. The Labute approximate surface area is 170 Å². The number of hydrogen-bond donors (Lipinski definition) is 1. The van der Waals surface area contributed by atoms with E-state index in [1.54, 1.807) is 0 Å². The van der Waals surface area contributed by atoms with Gasteiger partial charge in [-0.2, -0.15) is 0 Å². The van der Waals surface area contributed by atoms with Crippen molar-refractivity contribution < 1.29 is 9.59 Å². The third-order valence-electron chi connectivity index (χ3n) is 6.26. The molecule has 1 aromatic heterocycles. The second-order valence-electron chi connectivity index (χ2n) is 8.11. The Balaban J connectivity index is 1.26. The molecule has 0 bridgehead atoms. The first kappa shape index (κ1) is 18.0. The number of benzene rings is 2. The number of aromatic nitrogens is 1. The summed E-state index contributed by atoms with van der Waals surface area (Å²) in [6.45, 7) is 2.54. The number of carbonyl (C=O) groups is 2. The summed E-state index contributed by atoms with van der Waals surface area (Å²) in [4.78, 5) is 33.0. The van der Waals surface area contributed by atoms with E-state index in [-0.39, 0.29) is 17.7 Å². The number of carbonyl (C=O) groups excluding carboxylic acids is 2. The van der Waals surface area contributed by atoms with Crippen LogP contribution in [0.1, 0.15) is 23.2 Å². The number of H-pyrrole nitrogens is 1. The van der Waals surface area contributed by atoms with Gasteiger partial charge < -0.3 is 14.8 Å². The maximum Gasteiger partial charge on any atom is 0.228 e. The van der Waals surface area contributed by atoms with Crippen molar-refractivity contribution in [3.63, 3.8) is 0 Å². The second kappa shape index (κ2) is 7.39. The van der Waals surface area contributed by atoms with Gasteiger partial charge in [0.15, 0.2) is 0 Å². The first-order valence-electron chi connectivity index (χ1n) is 10.4. The smallest absolute Gasteiger partial charge is 0.228 e. The minimum atomic E-state index is -0.223. The maximum absolute atomic E-state index is 13.2. The van der Waals surface area contributed by atoms with Crippen LogP contribution >= 0.6 is 0 Å². The van der Waals surface area contributed by atoms with Gasteiger partial charge in [0, 0.05) is 55.6 Å². The average Bonchev–Trinajstić information content (AvgIpc) is 3.21. The Morgan fingerprint density at radius 2 is 1.76 bits per heavy atom. The zero-order valence-corrected chi connectivity index (χ0v) is 16.4. The largest absolute Gasteiger partial charge is 0.358 e. The van der Waals surface area contributed by atoms with E-state index in [0.29, 0.717) is 26.1 Å². The van der Waals surface area contributed by atoms with Crippen LogP contribution in [0.4, 0.5) is 0 Å². The summed E-state index contributed by atoms with van der Waals surface area (Å²) >= 11 is 0.